The van der Waals surface area contributed by atoms with Gasteiger partial charge >= 0.3 is 0 Å². The normalized spacial score (nSPS) is 22.1. The minimum atomic E-state index is 0.395. The smallest absolute Gasteiger partial charge is 0.123 e. The molecule has 1 aromatic carbocycles. The van der Waals surface area contributed by atoms with Crippen LogP contribution in [-0.2, 0) is 6.42 Å². The lowest BCUT2D eigenvalue weighted by atomic mass is 9.88. The van der Waals surface area contributed by atoms with Gasteiger partial charge in [0, 0.05) is 31.6 Å². The first-order valence-electron chi connectivity index (χ1n) is 7.43. The number of benzene rings is 1. The molecule has 2 aliphatic rings. The van der Waals surface area contributed by atoms with Crippen molar-refractivity contribution >= 4 is 17.2 Å². The standard InChI is InChI=1S/C16H22N4/c1-3-11-10-15(17)18-19-16(11)13-6-7-14-12(9-13)5-4-8-20(14)2/h6-7,9,11H,3-5,8,10H2,1-2H3,(H2,17,18). The lowest BCUT2D eigenvalue weighted by molar-refractivity contribution is 0.676. The highest BCUT2D eigenvalue weighted by atomic mass is 15.2. The Labute approximate surface area is 120 Å². The van der Waals surface area contributed by atoms with E-state index in [1.807, 2.05) is 0 Å². The lowest BCUT2D eigenvalue weighted by Crippen LogP contribution is -2.28. The predicted molar refractivity (Wildman–Crippen MR) is 84.6 cm³/mol. The van der Waals surface area contributed by atoms with Gasteiger partial charge in [0.05, 0.1) is 5.71 Å². The summed E-state index contributed by atoms with van der Waals surface area (Å²) < 4.78 is 0. The van der Waals surface area contributed by atoms with Crippen molar-refractivity contribution in [1.82, 2.24) is 0 Å². The minimum Gasteiger partial charge on any atom is -0.386 e. The maximum atomic E-state index is 5.81. The van der Waals surface area contributed by atoms with E-state index in [0.29, 0.717) is 11.8 Å². The number of nitrogens with two attached hydrogens (primary N) is 1. The fourth-order valence-corrected chi connectivity index (χ4v) is 3.17. The van der Waals surface area contributed by atoms with Crippen molar-refractivity contribution in [1.29, 1.82) is 0 Å². The van der Waals surface area contributed by atoms with Gasteiger partial charge in [0.25, 0.3) is 0 Å². The Bertz CT molecular complexity index is 574. The van der Waals surface area contributed by atoms with E-state index in [-0.39, 0.29) is 0 Å². The molecule has 4 heteroatoms. The Kier molecular flexibility index (Phi) is 3.47. The number of anilines is 1. The molecule has 1 atom stereocenters. The molecule has 0 spiro atoms. The van der Waals surface area contributed by atoms with E-state index in [4.69, 9.17) is 5.73 Å². The Morgan fingerprint density at radius 3 is 3.00 bits per heavy atom. The number of amidine groups is 1. The van der Waals surface area contributed by atoms with Crippen molar-refractivity contribution in [3.8, 4) is 0 Å². The van der Waals surface area contributed by atoms with Crippen molar-refractivity contribution in [2.75, 3.05) is 18.5 Å². The Morgan fingerprint density at radius 1 is 1.35 bits per heavy atom. The van der Waals surface area contributed by atoms with Crippen LogP contribution in [0.15, 0.2) is 28.4 Å². The summed E-state index contributed by atoms with van der Waals surface area (Å²) in [5.41, 5.74) is 10.9. The Morgan fingerprint density at radius 2 is 2.20 bits per heavy atom. The fourth-order valence-electron chi connectivity index (χ4n) is 3.17. The molecule has 0 saturated heterocycles. The first-order valence-corrected chi connectivity index (χ1v) is 7.43. The van der Waals surface area contributed by atoms with Crippen LogP contribution in [0.5, 0.6) is 0 Å². The summed E-state index contributed by atoms with van der Waals surface area (Å²) in [4.78, 5) is 2.33. The van der Waals surface area contributed by atoms with Crippen LogP contribution in [-0.4, -0.2) is 25.1 Å². The van der Waals surface area contributed by atoms with Gasteiger partial charge in [-0.05, 0) is 42.5 Å². The molecule has 0 bridgehead atoms. The summed E-state index contributed by atoms with van der Waals surface area (Å²) in [5.74, 6) is 1.05. The third-order valence-electron chi connectivity index (χ3n) is 4.35. The predicted octanol–water partition coefficient (Wildman–Crippen LogP) is 2.56. The first kappa shape index (κ1) is 13.2. The SMILES string of the molecule is CCC1CC(N)=NN=C1c1ccc2c(c1)CCCN2C. The number of rotatable bonds is 2. The van der Waals surface area contributed by atoms with E-state index in [9.17, 15) is 0 Å². The lowest BCUT2D eigenvalue weighted by Gasteiger charge is -2.28. The van der Waals surface area contributed by atoms with E-state index >= 15 is 0 Å². The molecule has 0 amide bonds. The average molecular weight is 270 g/mol. The van der Waals surface area contributed by atoms with E-state index in [1.54, 1.807) is 0 Å². The second-order valence-corrected chi connectivity index (χ2v) is 5.75. The van der Waals surface area contributed by atoms with Crippen LogP contribution < -0.4 is 10.6 Å². The number of aryl methyl sites for hydroxylation is 1. The number of hydrogen-bond acceptors (Lipinski definition) is 4. The minimum absolute atomic E-state index is 0.395. The fraction of sp³-hybridized carbons (Fsp3) is 0.500. The molecule has 2 N–H and O–H groups in total. The van der Waals surface area contributed by atoms with Gasteiger partial charge in [-0.25, -0.2) is 0 Å². The van der Waals surface area contributed by atoms with Crippen LogP contribution >= 0.6 is 0 Å². The molecule has 3 rings (SSSR count). The molecule has 0 aliphatic carbocycles. The van der Waals surface area contributed by atoms with Crippen LogP contribution in [0.3, 0.4) is 0 Å². The van der Waals surface area contributed by atoms with E-state index in [2.05, 4.69) is 47.3 Å². The molecule has 1 aromatic rings. The van der Waals surface area contributed by atoms with E-state index in [0.717, 1.165) is 31.5 Å². The highest BCUT2D eigenvalue weighted by Crippen LogP contribution is 2.29. The third kappa shape index (κ3) is 2.30. The van der Waals surface area contributed by atoms with Crippen molar-refractivity contribution < 1.29 is 0 Å². The molecule has 1 unspecified atom stereocenters. The van der Waals surface area contributed by atoms with Gasteiger partial charge in [0.2, 0.25) is 0 Å². The number of fused-ring (bicyclic) bond motifs is 1. The molecule has 106 valence electrons. The molecular formula is C16H22N4. The molecule has 0 fully saturated rings. The van der Waals surface area contributed by atoms with E-state index < -0.39 is 0 Å². The van der Waals surface area contributed by atoms with Crippen LogP contribution in [0, 0.1) is 5.92 Å². The summed E-state index contributed by atoms with van der Waals surface area (Å²) in [7, 11) is 2.16. The zero-order valence-corrected chi connectivity index (χ0v) is 12.3. The highest BCUT2D eigenvalue weighted by molar-refractivity contribution is 6.06. The molecule has 2 aliphatic heterocycles. The van der Waals surface area contributed by atoms with Crippen LogP contribution in [0.2, 0.25) is 0 Å². The van der Waals surface area contributed by atoms with Gasteiger partial charge in [-0.15, -0.1) is 5.10 Å². The second-order valence-electron chi connectivity index (χ2n) is 5.75. The van der Waals surface area contributed by atoms with Crippen LogP contribution in [0.1, 0.15) is 37.3 Å². The quantitative estimate of drug-likeness (QED) is 0.898. The van der Waals surface area contributed by atoms with Crippen molar-refractivity contribution in [3.05, 3.63) is 29.3 Å². The van der Waals surface area contributed by atoms with Gasteiger partial charge < -0.3 is 10.6 Å². The number of hydrogen-bond donors (Lipinski definition) is 1. The summed E-state index contributed by atoms with van der Waals surface area (Å²) in [6.45, 7) is 3.33. The van der Waals surface area contributed by atoms with Gasteiger partial charge in [0.1, 0.15) is 5.84 Å². The van der Waals surface area contributed by atoms with Crippen molar-refractivity contribution in [3.63, 3.8) is 0 Å². The molecular weight excluding hydrogens is 248 g/mol. The zero-order chi connectivity index (χ0) is 14.1. The second kappa shape index (κ2) is 5.27. The Balaban J connectivity index is 1.98. The maximum Gasteiger partial charge on any atom is 0.123 e. The van der Waals surface area contributed by atoms with Crippen molar-refractivity contribution in [2.24, 2.45) is 21.9 Å². The molecule has 0 aromatic heterocycles. The van der Waals surface area contributed by atoms with Crippen LogP contribution in [0.4, 0.5) is 5.69 Å². The largest absolute Gasteiger partial charge is 0.386 e. The topological polar surface area (TPSA) is 54.0 Å². The average Bonchev–Trinajstić information content (AvgIpc) is 2.47. The molecule has 0 saturated carbocycles. The first-order chi connectivity index (χ1) is 9.69. The molecule has 4 nitrogen and oxygen atoms in total. The Hall–Kier alpha value is -1.84. The monoisotopic (exact) mass is 270 g/mol. The van der Waals surface area contributed by atoms with Gasteiger partial charge in [-0.3, -0.25) is 0 Å². The van der Waals surface area contributed by atoms with Crippen LogP contribution in [0.25, 0.3) is 0 Å². The van der Waals surface area contributed by atoms with Crippen molar-refractivity contribution in [2.45, 2.75) is 32.6 Å². The third-order valence-corrected chi connectivity index (χ3v) is 4.35. The molecule has 0 radical (unpaired) electrons. The highest BCUT2D eigenvalue weighted by Gasteiger charge is 2.23. The summed E-state index contributed by atoms with van der Waals surface area (Å²) >= 11 is 0. The van der Waals surface area contributed by atoms with E-state index in [1.165, 1.54) is 23.2 Å². The van der Waals surface area contributed by atoms with Gasteiger partial charge in [0.15, 0.2) is 0 Å². The maximum absolute atomic E-state index is 5.81. The zero-order valence-electron chi connectivity index (χ0n) is 12.3. The summed E-state index contributed by atoms with van der Waals surface area (Å²) in [5, 5.41) is 8.45. The van der Waals surface area contributed by atoms with Gasteiger partial charge in [-0.1, -0.05) is 13.0 Å². The molecule has 20 heavy (non-hydrogen) atoms. The summed E-state index contributed by atoms with van der Waals surface area (Å²) in [6.07, 6.45) is 4.25. The summed E-state index contributed by atoms with van der Waals surface area (Å²) in [6, 6.07) is 6.70. The number of nitrogens with zero attached hydrogens (tertiary/aromatic N) is 3. The molecule has 2 heterocycles. The van der Waals surface area contributed by atoms with Gasteiger partial charge in [-0.2, -0.15) is 5.10 Å².